The number of carbonyl (C=O) groups is 2. The van der Waals surface area contributed by atoms with Crippen molar-refractivity contribution in [3.05, 3.63) is 11.6 Å². The summed E-state index contributed by atoms with van der Waals surface area (Å²) < 4.78 is 9.82. The first kappa shape index (κ1) is 18.6. The molecule has 1 unspecified atom stereocenters. The van der Waals surface area contributed by atoms with Gasteiger partial charge in [0.1, 0.15) is 5.60 Å². The molecule has 0 aromatic heterocycles. The fourth-order valence-electron chi connectivity index (χ4n) is 1.65. The standard InChI is InChI=1S/C10H17NO2.C5H10O2/c1-10(2,3)7-6-8(12)11(4)9(7)13-5;1-5(2,3)7-4-6/h6,9H,1-5H3;4H,1-3H3. The van der Waals surface area contributed by atoms with Gasteiger partial charge in [-0.25, -0.2) is 0 Å². The van der Waals surface area contributed by atoms with Crippen molar-refractivity contribution in [2.24, 2.45) is 5.41 Å². The predicted octanol–water partition coefficient (Wildman–Crippen LogP) is 2.36. The van der Waals surface area contributed by atoms with Gasteiger partial charge in [0.15, 0.2) is 6.23 Å². The van der Waals surface area contributed by atoms with Gasteiger partial charge < -0.3 is 14.4 Å². The molecule has 0 N–H and O–H groups in total. The average Bonchev–Trinajstić information content (AvgIpc) is 2.54. The van der Waals surface area contributed by atoms with Crippen LogP contribution in [0.5, 0.6) is 0 Å². The Labute approximate surface area is 121 Å². The highest BCUT2D eigenvalue weighted by molar-refractivity contribution is 5.91. The van der Waals surface area contributed by atoms with Crippen LogP contribution in [0.2, 0.25) is 0 Å². The van der Waals surface area contributed by atoms with Crippen molar-refractivity contribution in [1.82, 2.24) is 4.90 Å². The second-order valence-electron chi connectivity index (χ2n) is 6.71. The van der Waals surface area contributed by atoms with E-state index in [0.29, 0.717) is 6.47 Å². The van der Waals surface area contributed by atoms with Crippen LogP contribution in [0.3, 0.4) is 0 Å². The Balaban J connectivity index is 0.000000441. The number of nitrogens with zero attached hydrogens (tertiary/aromatic N) is 1. The maximum Gasteiger partial charge on any atom is 0.293 e. The number of carbonyl (C=O) groups excluding carboxylic acids is 2. The lowest BCUT2D eigenvalue weighted by Gasteiger charge is -2.28. The zero-order valence-corrected chi connectivity index (χ0v) is 13.8. The number of hydrogen-bond acceptors (Lipinski definition) is 4. The molecule has 5 heteroatoms. The fourth-order valence-corrected chi connectivity index (χ4v) is 1.65. The quantitative estimate of drug-likeness (QED) is 0.731. The monoisotopic (exact) mass is 285 g/mol. The first-order valence-electron chi connectivity index (χ1n) is 6.57. The first-order chi connectivity index (χ1) is 8.94. The molecule has 5 nitrogen and oxygen atoms in total. The molecular weight excluding hydrogens is 258 g/mol. The van der Waals surface area contributed by atoms with Crippen LogP contribution in [0.4, 0.5) is 0 Å². The van der Waals surface area contributed by atoms with Crippen LogP contribution in [0, 0.1) is 5.41 Å². The topological polar surface area (TPSA) is 55.8 Å². The van der Waals surface area contributed by atoms with E-state index >= 15 is 0 Å². The van der Waals surface area contributed by atoms with Crippen LogP contribution in [0.15, 0.2) is 11.6 Å². The van der Waals surface area contributed by atoms with Gasteiger partial charge in [-0.05, 0) is 31.8 Å². The van der Waals surface area contributed by atoms with E-state index in [1.54, 1.807) is 25.1 Å². The fraction of sp³-hybridized carbons (Fsp3) is 0.733. The number of methoxy groups -OCH3 is 1. The Morgan fingerprint density at radius 1 is 1.20 bits per heavy atom. The van der Waals surface area contributed by atoms with Crippen molar-refractivity contribution in [2.45, 2.75) is 53.4 Å². The summed E-state index contributed by atoms with van der Waals surface area (Å²) in [5.41, 5.74) is 0.713. The number of amides is 1. The molecule has 1 atom stereocenters. The Hall–Kier alpha value is -1.36. The minimum absolute atomic E-state index is 0.0128. The second-order valence-corrected chi connectivity index (χ2v) is 6.71. The van der Waals surface area contributed by atoms with Gasteiger partial charge in [-0.3, -0.25) is 9.59 Å². The van der Waals surface area contributed by atoms with E-state index in [0.717, 1.165) is 5.57 Å². The molecule has 0 radical (unpaired) electrons. The van der Waals surface area contributed by atoms with Gasteiger partial charge in [-0.2, -0.15) is 0 Å². The third-order valence-electron chi connectivity index (χ3n) is 2.74. The summed E-state index contributed by atoms with van der Waals surface area (Å²) >= 11 is 0. The number of hydrogen-bond donors (Lipinski definition) is 0. The molecule has 1 aliphatic heterocycles. The normalized spacial score (nSPS) is 19.2. The molecule has 1 rings (SSSR count). The van der Waals surface area contributed by atoms with Gasteiger partial charge in [-0.1, -0.05) is 20.8 Å². The number of likely N-dealkylation sites (N-methyl/N-ethyl adjacent to an activating group) is 1. The molecule has 1 heterocycles. The van der Waals surface area contributed by atoms with E-state index in [1.165, 1.54) is 0 Å². The highest BCUT2D eigenvalue weighted by atomic mass is 16.5. The second kappa shape index (κ2) is 6.88. The molecule has 116 valence electrons. The van der Waals surface area contributed by atoms with Crippen LogP contribution < -0.4 is 0 Å². The molecule has 0 bridgehead atoms. The van der Waals surface area contributed by atoms with E-state index in [4.69, 9.17) is 4.74 Å². The lowest BCUT2D eigenvalue weighted by molar-refractivity contribution is -0.138. The van der Waals surface area contributed by atoms with Crippen molar-refractivity contribution < 1.29 is 19.1 Å². The Morgan fingerprint density at radius 3 is 1.90 bits per heavy atom. The molecular formula is C15H27NO4. The molecule has 0 aliphatic carbocycles. The molecule has 1 aliphatic rings. The molecule has 0 fully saturated rings. The van der Waals surface area contributed by atoms with Crippen LogP contribution in [-0.2, 0) is 19.1 Å². The zero-order chi connectivity index (χ0) is 16.1. The van der Waals surface area contributed by atoms with Crippen LogP contribution in [0.25, 0.3) is 0 Å². The van der Waals surface area contributed by atoms with Crippen molar-refractivity contribution in [1.29, 1.82) is 0 Å². The lowest BCUT2D eigenvalue weighted by Crippen LogP contribution is -2.35. The minimum atomic E-state index is -0.318. The van der Waals surface area contributed by atoms with E-state index in [-0.39, 0.29) is 23.2 Å². The van der Waals surface area contributed by atoms with Gasteiger partial charge in [0, 0.05) is 20.2 Å². The van der Waals surface area contributed by atoms with Gasteiger partial charge in [0.05, 0.1) is 0 Å². The molecule has 0 saturated heterocycles. The zero-order valence-electron chi connectivity index (χ0n) is 13.8. The Morgan fingerprint density at radius 2 is 1.70 bits per heavy atom. The highest BCUT2D eigenvalue weighted by Crippen LogP contribution is 2.33. The molecule has 0 aromatic carbocycles. The van der Waals surface area contributed by atoms with Crippen LogP contribution in [-0.4, -0.2) is 43.3 Å². The molecule has 20 heavy (non-hydrogen) atoms. The number of rotatable bonds is 2. The summed E-state index contributed by atoms with van der Waals surface area (Å²) in [5, 5.41) is 0. The van der Waals surface area contributed by atoms with Crippen LogP contribution >= 0.6 is 0 Å². The van der Waals surface area contributed by atoms with Crippen molar-refractivity contribution >= 4 is 12.4 Å². The Kier molecular flexibility index (Phi) is 6.41. The summed E-state index contributed by atoms with van der Waals surface area (Å²) in [6.45, 7) is 12.2. The lowest BCUT2D eigenvalue weighted by atomic mass is 9.86. The largest absolute Gasteiger partial charge is 0.462 e. The van der Waals surface area contributed by atoms with Crippen molar-refractivity contribution in [2.75, 3.05) is 14.2 Å². The summed E-state index contributed by atoms with van der Waals surface area (Å²) in [6, 6.07) is 0. The van der Waals surface area contributed by atoms with Crippen LogP contribution in [0.1, 0.15) is 41.5 Å². The first-order valence-corrected chi connectivity index (χ1v) is 6.57. The maximum absolute atomic E-state index is 11.4. The molecule has 0 saturated carbocycles. The highest BCUT2D eigenvalue weighted by Gasteiger charge is 2.35. The van der Waals surface area contributed by atoms with E-state index < -0.39 is 0 Å². The maximum atomic E-state index is 11.4. The van der Waals surface area contributed by atoms with Gasteiger partial charge in [0.2, 0.25) is 5.91 Å². The summed E-state index contributed by atoms with van der Waals surface area (Å²) in [7, 11) is 3.38. The predicted molar refractivity (Wildman–Crippen MR) is 78.0 cm³/mol. The number of ether oxygens (including phenoxy) is 2. The SMILES string of the molecule is CC(C)(C)OC=O.COC1C(C(C)(C)C)=CC(=O)N1C. The summed E-state index contributed by atoms with van der Waals surface area (Å²) in [6.07, 6.45) is 1.49. The molecule has 0 spiro atoms. The van der Waals surface area contributed by atoms with E-state index in [2.05, 4.69) is 25.5 Å². The summed E-state index contributed by atoms with van der Waals surface area (Å²) in [4.78, 5) is 22.6. The molecule has 1 amide bonds. The Bertz CT molecular complexity index is 374. The smallest absolute Gasteiger partial charge is 0.293 e. The van der Waals surface area contributed by atoms with Gasteiger partial charge in [0.25, 0.3) is 6.47 Å². The van der Waals surface area contributed by atoms with E-state index in [9.17, 15) is 9.59 Å². The average molecular weight is 285 g/mol. The van der Waals surface area contributed by atoms with E-state index in [1.807, 2.05) is 20.8 Å². The van der Waals surface area contributed by atoms with Crippen molar-refractivity contribution in [3.8, 4) is 0 Å². The third kappa shape index (κ3) is 5.74. The van der Waals surface area contributed by atoms with Crippen molar-refractivity contribution in [3.63, 3.8) is 0 Å². The third-order valence-corrected chi connectivity index (χ3v) is 2.74. The van der Waals surface area contributed by atoms with Gasteiger partial charge in [-0.15, -0.1) is 0 Å². The van der Waals surface area contributed by atoms with Gasteiger partial charge >= 0.3 is 0 Å². The molecule has 0 aromatic rings. The minimum Gasteiger partial charge on any atom is -0.462 e. The summed E-state index contributed by atoms with van der Waals surface area (Å²) in [5.74, 6) is 0.0248.